The molecular formula is C16H19F3N2O4. The minimum absolute atomic E-state index is 0.0295. The van der Waals surface area contributed by atoms with Crippen LogP contribution in [0.4, 0.5) is 13.2 Å². The van der Waals surface area contributed by atoms with Crippen LogP contribution in [0, 0.1) is 0 Å². The predicted octanol–water partition coefficient (Wildman–Crippen LogP) is 1.89. The maximum atomic E-state index is 12.4. The molecule has 1 rings (SSSR count). The van der Waals surface area contributed by atoms with E-state index in [0.29, 0.717) is 6.54 Å². The number of nitrogens with one attached hydrogen (secondary N) is 2. The number of rotatable bonds is 8. The smallest absolute Gasteiger partial charge is 0.416 e. The van der Waals surface area contributed by atoms with Crippen molar-refractivity contribution >= 4 is 17.8 Å². The number of hydrogen-bond donors (Lipinski definition) is 2. The van der Waals surface area contributed by atoms with Crippen molar-refractivity contribution in [3.63, 3.8) is 0 Å². The number of benzene rings is 1. The topological polar surface area (TPSA) is 84.5 Å². The molecule has 0 heterocycles. The molecule has 0 radical (unpaired) electrons. The first-order valence-electron chi connectivity index (χ1n) is 7.61. The Labute approximate surface area is 142 Å². The minimum Gasteiger partial charge on any atom is -0.454 e. The third kappa shape index (κ3) is 7.69. The normalized spacial score (nSPS) is 10.9. The monoisotopic (exact) mass is 360 g/mol. The number of ether oxygens (including phenoxy) is 1. The fourth-order valence-electron chi connectivity index (χ4n) is 1.72. The Hall–Kier alpha value is -2.58. The van der Waals surface area contributed by atoms with Crippen molar-refractivity contribution in [2.24, 2.45) is 0 Å². The van der Waals surface area contributed by atoms with Gasteiger partial charge in [0.1, 0.15) is 6.54 Å². The average molecular weight is 360 g/mol. The zero-order valence-corrected chi connectivity index (χ0v) is 13.6. The van der Waals surface area contributed by atoms with Gasteiger partial charge in [0.05, 0.1) is 5.56 Å². The molecule has 1 aromatic rings. The maximum Gasteiger partial charge on any atom is 0.416 e. The van der Waals surface area contributed by atoms with E-state index in [0.717, 1.165) is 37.1 Å². The summed E-state index contributed by atoms with van der Waals surface area (Å²) in [6.07, 6.45) is -2.77. The molecule has 1 aromatic carbocycles. The van der Waals surface area contributed by atoms with E-state index in [2.05, 4.69) is 15.4 Å². The summed E-state index contributed by atoms with van der Waals surface area (Å²) in [5, 5.41) is 4.76. The quantitative estimate of drug-likeness (QED) is 0.548. The molecule has 0 aliphatic heterocycles. The molecule has 6 nitrogen and oxygen atoms in total. The molecule has 0 saturated heterocycles. The van der Waals surface area contributed by atoms with E-state index in [1.165, 1.54) is 0 Å². The molecule has 0 bridgehead atoms. The van der Waals surface area contributed by atoms with Gasteiger partial charge in [-0.3, -0.25) is 14.4 Å². The zero-order chi connectivity index (χ0) is 18.9. The van der Waals surface area contributed by atoms with Gasteiger partial charge >= 0.3 is 12.1 Å². The number of esters is 1. The van der Waals surface area contributed by atoms with Crippen molar-refractivity contribution in [2.75, 3.05) is 19.7 Å². The highest BCUT2D eigenvalue weighted by Gasteiger charge is 2.30. The number of unbranched alkanes of at least 4 members (excludes halogenated alkanes) is 1. The summed E-state index contributed by atoms with van der Waals surface area (Å²) in [6.45, 7) is 1.49. The molecular weight excluding hydrogens is 341 g/mol. The Morgan fingerprint density at radius 1 is 1.08 bits per heavy atom. The van der Waals surface area contributed by atoms with E-state index in [1.54, 1.807) is 0 Å². The van der Waals surface area contributed by atoms with E-state index in [1.807, 2.05) is 6.92 Å². The number of alkyl halides is 3. The first-order chi connectivity index (χ1) is 11.7. The van der Waals surface area contributed by atoms with Gasteiger partial charge in [0.25, 0.3) is 11.8 Å². The summed E-state index contributed by atoms with van der Waals surface area (Å²) in [5.74, 6) is -2.00. The molecule has 138 valence electrons. The van der Waals surface area contributed by atoms with Gasteiger partial charge < -0.3 is 15.4 Å². The summed E-state index contributed by atoms with van der Waals surface area (Å²) in [7, 11) is 0. The standard InChI is InChI=1S/C16H19F3N2O4/c1-2-3-8-20-13(22)10-25-14(23)9-21-15(24)11-4-6-12(7-5-11)16(17,18)19/h4-7H,2-3,8-10H2,1H3,(H,20,22)(H,21,24). The van der Waals surface area contributed by atoms with Crippen LogP contribution < -0.4 is 10.6 Å². The lowest BCUT2D eigenvalue weighted by molar-refractivity contribution is -0.147. The largest absolute Gasteiger partial charge is 0.454 e. The molecule has 9 heteroatoms. The van der Waals surface area contributed by atoms with Gasteiger partial charge in [-0.15, -0.1) is 0 Å². The summed E-state index contributed by atoms with van der Waals surface area (Å²) in [5.41, 5.74) is -0.907. The second-order valence-corrected chi connectivity index (χ2v) is 5.12. The van der Waals surface area contributed by atoms with Crippen LogP contribution in [-0.2, 0) is 20.5 Å². The SMILES string of the molecule is CCCCNC(=O)COC(=O)CNC(=O)c1ccc(C(F)(F)F)cc1. The van der Waals surface area contributed by atoms with Gasteiger partial charge in [0, 0.05) is 12.1 Å². The van der Waals surface area contributed by atoms with Crippen molar-refractivity contribution < 1.29 is 32.3 Å². The lowest BCUT2D eigenvalue weighted by atomic mass is 10.1. The maximum absolute atomic E-state index is 12.4. The van der Waals surface area contributed by atoms with E-state index in [4.69, 9.17) is 0 Å². The van der Waals surface area contributed by atoms with Crippen LogP contribution in [0.15, 0.2) is 24.3 Å². The number of carbonyl (C=O) groups excluding carboxylic acids is 3. The van der Waals surface area contributed by atoms with Gasteiger partial charge in [0.2, 0.25) is 0 Å². The molecule has 0 aliphatic carbocycles. The molecule has 0 fully saturated rings. The third-order valence-corrected chi connectivity index (χ3v) is 3.08. The molecule has 0 atom stereocenters. The van der Waals surface area contributed by atoms with E-state index >= 15 is 0 Å². The van der Waals surface area contributed by atoms with E-state index in [9.17, 15) is 27.6 Å². The number of amides is 2. The van der Waals surface area contributed by atoms with Crippen LogP contribution in [0.25, 0.3) is 0 Å². The van der Waals surface area contributed by atoms with Crippen molar-refractivity contribution in [2.45, 2.75) is 25.9 Å². The lowest BCUT2D eigenvalue weighted by Crippen LogP contribution is -2.34. The predicted molar refractivity (Wildman–Crippen MR) is 82.7 cm³/mol. The molecule has 2 amide bonds. The van der Waals surface area contributed by atoms with Crippen LogP contribution >= 0.6 is 0 Å². The third-order valence-electron chi connectivity index (χ3n) is 3.08. The van der Waals surface area contributed by atoms with Gasteiger partial charge in [-0.2, -0.15) is 13.2 Å². The fraction of sp³-hybridized carbons (Fsp3) is 0.438. The van der Waals surface area contributed by atoms with Crippen LogP contribution in [-0.4, -0.2) is 37.5 Å². The Bertz CT molecular complexity index is 600. The van der Waals surface area contributed by atoms with E-state index in [-0.39, 0.29) is 5.56 Å². The summed E-state index contributed by atoms with van der Waals surface area (Å²) >= 11 is 0. The Morgan fingerprint density at radius 2 is 1.72 bits per heavy atom. The average Bonchev–Trinajstić information content (AvgIpc) is 2.57. The Morgan fingerprint density at radius 3 is 2.28 bits per heavy atom. The molecule has 0 aromatic heterocycles. The van der Waals surface area contributed by atoms with Gasteiger partial charge in [0.15, 0.2) is 6.61 Å². The Balaban J connectivity index is 2.36. The first kappa shape index (κ1) is 20.5. The van der Waals surface area contributed by atoms with Crippen molar-refractivity contribution in [3.05, 3.63) is 35.4 Å². The molecule has 0 saturated carbocycles. The number of halogens is 3. The fourth-order valence-corrected chi connectivity index (χ4v) is 1.72. The second kappa shape index (κ2) is 9.65. The number of hydrogen-bond acceptors (Lipinski definition) is 4. The molecule has 25 heavy (non-hydrogen) atoms. The highest BCUT2D eigenvalue weighted by atomic mass is 19.4. The molecule has 2 N–H and O–H groups in total. The highest BCUT2D eigenvalue weighted by molar-refractivity contribution is 5.96. The minimum atomic E-state index is -4.49. The zero-order valence-electron chi connectivity index (χ0n) is 13.6. The van der Waals surface area contributed by atoms with Crippen LogP contribution in [0.2, 0.25) is 0 Å². The molecule has 0 spiro atoms. The van der Waals surface area contributed by atoms with Gasteiger partial charge in [-0.05, 0) is 30.7 Å². The molecule has 0 aliphatic rings. The molecule has 0 unspecified atom stereocenters. The van der Waals surface area contributed by atoms with Crippen molar-refractivity contribution in [1.29, 1.82) is 0 Å². The lowest BCUT2D eigenvalue weighted by Gasteiger charge is -2.09. The summed E-state index contributed by atoms with van der Waals surface area (Å²) < 4.78 is 42.0. The van der Waals surface area contributed by atoms with Crippen molar-refractivity contribution in [1.82, 2.24) is 10.6 Å². The van der Waals surface area contributed by atoms with Crippen LogP contribution in [0.3, 0.4) is 0 Å². The van der Waals surface area contributed by atoms with Crippen LogP contribution in [0.1, 0.15) is 35.7 Å². The van der Waals surface area contributed by atoms with Crippen LogP contribution in [0.5, 0.6) is 0 Å². The summed E-state index contributed by atoms with van der Waals surface area (Å²) in [4.78, 5) is 34.5. The summed E-state index contributed by atoms with van der Waals surface area (Å²) in [6, 6.07) is 3.55. The number of carbonyl (C=O) groups is 3. The van der Waals surface area contributed by atoms with E-state index < -0.39 is 42.7 Å². The highest BCUT2D eigenvalue weighted by Crippen LogP contribution is 2.28. The first-order valence-corrected chi connectivity index (χ1v) is 7.61. The Kier molecular flexibility index (Phi) is 7.90. The van der Waals surface area contributed by atoms with Gasteiger partial charge in [-0.1, -0.05) is 13.3 Å². The second-order valence-electron chi connectivity index (χ2n) is 5.12. The van der Waals surface area contributed by atoms with Crippen molar-refractivity contribution in [3.8, 4) is 0 Å². The van der Waals surface area contributed by atoms with Gasteiger partial charge in [-0.25, -0.2) is 0 Å².